The van der Waals surface area contributed by atoms with Gasteiger partial charge >= 0.3 is 5.97 Å². The summed E-state index contributed by atoms with van der Waals surface area (Å²) in [4.78, 5) is 26.6. The third-order valence-corrected chi connectivity index (χ3v) is 4.91. The van der Waals surface area contributed by atoms with E-state index in [1.165, 1.54) is 0 Å². The normalized spacial score (nSPS) is 26.0. The van der Waals surface area contributed by atoms with Crippen LogP contribution in [0.1, 0.15) is 60.9 Å². The van der Waals surface area contributed by atoms with Gasteiger partial charge in [0.05, 0.1) is 0 Å². The lowest BCUT2D eigenvalue weighted by molar-refractivity contribution is -0.140. The summed E-state index contributed by atoms with van der Waals surface area (Å²) in [5, 5.41) is 9.70. The first-order valence-electron chi connectivity index (χ1n) is 7.79. The van der Waals surface area contributed by atoms with Gasteiger partial charge in [0.25, 0.3) is 5.91 Å². The zero-order chi connectivity index (χ0) is 15.0. The first kappa shape index (κ1) is 14.1. The quantitative estimate of drug-likeness (QED) is 0.929. The molecule has 3 rings (SSSR count). The number of hydrogen-bond donors (Lipinski definition) is 1. The SMILES string of the molecule is CCC1C(C(=O)O)c2ccccc2C(=O)N1C1CCCC1. The molecule has 1 aromatic rings. The van der Waals surface area contributed by atoms with Gasteiger partial charge in [-0.05, 0) is 30.9 Å². The van der Waals surface area contributed by atoms with Gasteiger partial charge in [0.15, 0.2) is 0 Å². The highest BCUT2D eigenvalue weighted by Gasteiger charge is 2.45. The summed E-state index contributed by atoms with van der Waals surface area (Å²) in [6, 6.07) is 7.17. The predicted molar refractivity (Wildman–Crippen MR) is 79.3 cm³/mol. The number of aliphatic carboxylic acids is 1. The maximum atomic E-state index is 12.9. The van der Waals surface area contributed by atoms with Crippen LogP contribution in [0.4, 0.5) is 0 Å². The fourth-order valence-electron chi connectivity index (χ4n) is 3.97. The van der Waals surface area contributed by atoms with E-state index in [0.29, 0.717) is 17.5 Å². The van der Waals surface area contributed by atoms with E-state index in [2.05, 4.69) is 0 Å². The van der Waals surface area contributed by atoms with Crippen LogP contribution in [0.2, 0.25) is 0 Å². The molecule has 0 radical (unpaired) electrons. The summed E-state index contributed by atoms with van der Waals surface area (Å²) in [5.74, 6) is -1.42. The van der Waals surface area contributed by atoms with Crippen molar-refractivity contribution in [1.82, 2.24) is 4.90 Å². The van der Waals surface area contributed by atoms with E-state index in [9.17, 15) is 14.7 Å². The summed E-state index contributed by atoms with van der Waals surface area (Å²) in [6.07, 6.45) is 4.93. The van der Waals surface area contributed by atoms with E-state index >= 15 is 0 Å². The van der Waals surface area contributed by atoms with E-state index in [0.717, 1.165) is 25.7 Å². The summed E-state index contributed by atoms with van der Waals surface area (Å²) in [6.45, 7) is 1.98. The Kier molecular flexibility index (Phi) is 3.70. The molecule has 0 bridgehead atoms. The Bertz CT molecular complexity index is 563. The molecular formula is C17H21NO3. The number of hydrogen-bond acceptors (Lipinski definition) is 2. The van der Waals surface area contributed by atoms with Crippen LogP contribution in [0.5, 0.6) is 0 Å². The fraction of sp³-hybridized carbons (Fsp3) is 0.529. The summed E-state index contributed by atoms with van der Waals surface area (Å²) in [7, 11) is 0. The summed E-state index contributed by atoms with van der Waals surface area (Å²) in [5.41, 5.74) is 1.25. The highest BCUT2D eigenvalue weighted by Crippen LogP contribution is 2.39. The zero-order valence-electron chi connectivity index (χ0n) is 12.3. The Labute approximate surface area is 124 Å². The van der Waals surface area contributed by atoms with E-state index < -0.39 is 11.9 Å². The molecule has 1 aromatic carbocycles. The van der Waals surface area contributed by atoms with Crippen LogP contribution in [0.15, 0.2) is 24.3 Å². The molecule has 1 heterocycles. The Morgan fingerprint density at radius 3 is 2.57 bits per heavy atom. The van der Waals surface area contributed by atoms with E-state index in [-0.39, 0.29) is 18.0 Å². The number of rotatable bonds is 3. The molecule has 1 saturated carbocycles. The van der Waals surface area contributed by atoms with E-state index in [4.69, 9.17) is 0 Å². The Morgan fingerprint density at radius 1 is 1.29 bits per heavy atom. The molecule has 4 nitrogen and oxygen atoms in total. The molecule has 0 spiro atoms. The molecule has 1 fully saturated rings. The van der Waals surface area contributed by atoms with Crippen molar-refractivity contribution in [3.05, 3.63) is 35.4 Å². The van der Waals surface area contributed by atoms with Gasteiger partial charge in [-0.25, -0.2) is 0 Å². The van der Waals surface area contributed by atoms with Gasteiger partial charge in [0.1, 0.15) is 5.92 Å². The van der Waals surface area contributed by atoms with Crippen molar-refractivity contribution in [1.29, 1.82) is 0 Å². The highest BCUT2D eigenvalue weighted by molar-refractivity contribution is 6.00. The molecule has 1 amide bonds. The average Bonchev–Trinajstić information content (AvgIpc) is 3.00. The first-order valence-corrected chi connectivity index (χ1v) is 7.79. The van der Waals surface area contributed by atoms with Crippen LogP contribution in [0.3, 0.4) is 0 Å². The summed E-state index contributed by atoms with van der Waals surface area (Å²) >= 11 is 0. The Hall–Kier alpha value is -1.84. The molecule has 2 atom stereocenters. The zero-order valence-corrected chi connectivity index (χ0v) is 12.3. The lowest BCUT2D eigenvalue weighted by atomic mass is 9.81. The van der Waals surface area contributed by atoms with Gasteiger partial charge in [-0.3, -0.25) is 9.59 Å². The number of carboxylic acid groups (broad SMARTS) is 1. The third kappa shape index (κ3) is 2.23. The third-order valence-electron chi connectivity index (χ3n) is 4.91. The number of fused-ring (bicyclic) bond motifs is 1. The van der Waals surface area contributed by atoms with Gasteiger partial charge < -0.3 is 10.0 Å². The van der Waals surface area contributed by atoms with Gasteiger partial charge in [-0.1, -0.05) is 38.0 Å². The fourth-order valence-corrected chi connectivity index (χ4v) is 3.97. The van der Waals surface area contributed by atoms with Crippen molar-refractivity contribution >= 4 is 11.9 Å². The van der Waals surface area contributed by atoms with Gasteiger partial charge in [0, 0.05) is 17.6 Å². The Balaban J connectivity index is 2.10. The Morgan fingerprint density at radius 2 is 1.95 bits per heavy atom. The van der Waals surface area contributed by atoms with Gasteiger partial charge in [-0.2, -0.15) is 0 Å². The van der Waals surface area contributed by atoms with Crippen molar-refractivity contribution in [3.8, 4) is 0 Å². The second-order valence-electron chi connectivity index (χ2n) is 6.03. The minimum Gasteiger partial charge on any atom is -0.481 e. The van der Waals surface area contributed by atoms with Gasteiger partial charge in [-0.15, -0.1) is 0 Å². The topological polar surface area (TPSA) is 57.6 Å². The van der Waals surface area contributed by atoms with Gasteiger partial charge in [0.2, 0.25) is 0 Å². The van der Waals surface area contributed by atoms with E-state index in [1.54, 1.807) is 12.1 Å². The second kappa shape index (κ2) is 5.51. The van der Waals surface area contributed by atoms with Crippen LogP contribution in [0, 0.1) is 0 Å². The molecule has 2 aliphatic rings. The molecule has 0 aromatic heterocycles. The van der Waals surface area contributed by atoms with Crippen LogP contribution in [0.25, 0.3) is 0 Å². The number of carbonyl (C=O) groups is 2. The largest absolute Gasteiger partial charge is 0.481 e. The van der Waals surface area contributed by atoms with Crippen LogP contribution >= 0.6 is 0 Å². The minimum absolute atomic E-state index is 0.0156. The number of amides is 1. The van der Waals surface area contributed by atoms with Crippen LogP contribution in [-0.4, -0.2) is 34.0 Å². The maximum Gasteiger partial charge on any atom is 0.313 e. The standard InChI is InChI=1S/C17H21NO3/c1-2-14-15(17(20)21)12-9-5-6-10-13(12)16(19)18(14)11-7-3-4-8-11/h5-6,9-11,14-15H,2-4,7-8H2,1H3,(H,20,21). The molecule has 2 unspecified atom stereocenters. The number of carboxylic acids is 1. The van der Waals surface area contributed by atoms with Crippen molar-refractivity contribution in [2.45, 2.75) is 57.0 Å². The van der Waals surface area contributed by atoms with Crippen molar-refractivity contribution in [3.63, 3.8) is 0 Å². The molecule has 1 aliphatic heterocycles. The molecule has 4 heteroatoms. The second-order valence-corrected chi connectivity index (χ2v) is 6.03. The van der Waals surface area contributed by atoms with Crippen LogP contribution in [-0.2, 0) is 4.79 Å². The number of benzene rings is 1. The average molecular weight is 287 g/mol. The summed E-state index contributed by atoms with van der Waals surface area (Å²) < 4.78 is 0. The highest BCUT2D eigenvalue weighted by atomic mass is 16.4. The smallest absolute Gasteiger partial charge is 0.313 e. The van der Waals surface area contributed by atoms with Crippen molar-refractivity contribution in [2.24, 2.45) is 0 Å². The maximum absolute atomic E-state index is 12.9. The molecule has 1 N–H and O–H groups in total. The molecule has 112 valence electrons. The number of carbonyl (C=O) groups excluding carboxylic acids is 1. The van der Waals surface area contributed by atoms with E-state index in [1.807, 2.05) is 24.0 Å². The molecule has 21 heavy (non-hydrogen) atoms. The lowest BCUT2D eigenvalue weighted by Gasteiger charge is -2.43. The molecule has 1 aliphatic carbocycles. The molecule has 0 saturated heterocycles. The van der Waals surface area contributed by atoms with Crippen LogP contribution < -0.4 is 0 Å². The predicted octanol–water partition coefficient (Wildman–Crippen LogP) is 3.03. The van der Waals surface area contributed by atoms with Crippen molar-refractivity contribution < 1.29 is 14.7 Å². The van der Waals surface area contributed by atoms with Crippen molar-refractivity contribution in [2.75, 3.05) is 0 Å². The lowest BCUT2D eigenvalue weighted by Crippen LogP contribution is -2.53. The monoisotopic (exact) mass is 287 g/mol. The molecular weight excluding hydrogens is 266 g/mol. The minimum atomic E-state index is -0.829. The first-order chi connectivity index (χ1) is 10.1. The number of nitrogens with zero attached hydrogens (tertiary/aromatic N) is 1.